The van der Waals surface area contributed by atoms with Crippen LogP contribution in [-0.2, 0) is 0 Å². The fraction of sp³-hybridized carbons (Fsp3) is 0.571. The highest BCUT2D eigenvalue weighted by molar-refractivity contribution is 5.29. The zero-order valence-corrected chi connectivity index (χ0v) is 11.3. The molecule has 1 aromatic carbocycles. The molecule has 3 heteroatoms. The van der Waals surface area contributed by atoms with Crippen LogP contribution in [0, 0.1) is 0 Å². The van der Waals surface area contributed by atoms with Gasteiger partial charge >= 0.3 is 0 Å². The van der Waals surface area contributed by atoms with Crippen molar-refractivity contribution >= 4 is 0 Å². The topological polar surface area (TPSA) is 38.5 Å². The van der Waals surface area contributed by atoms with E-state index in [2.05, 4.69) is 25.7 Å². The lowest BCUT2D eigenvalue weighted by Crippen LogP contribution is -2.36. The molecule has 0 fully saturated rings. The van der Waals surface area contributed by atoms with Gasteiger partial charge in [-0.25, -0.2) is 0 Å². The van der Waals surface area contributed by atoms with Gasteiger partial charge in [-0.2, -0.15) is 0 Å². The molecule has 3 nitrogen and oxygen atoms in total. The van der Waals surface area contributed by atoms with Crippen LogP contribution in [0.3, 0.4) is 0 Å². The molecule has 0 aliphatic rings. The highest BCUT2D eigenvalue weighted by Gasteiger charge is 2.13. The zero-order valence-electron chi connectivity index (χ0n) is 11.3. The SMILES string of the molecule is CCN(CC(N)c1ccc(OC)cc1)C(C)C. The molecule has 0 heterocycles. The summed E-state index contributed by atoms with van der Waals surface area (Å²) in [7, 11) is 1.67. The summed E-state index contributed by atoms with van der Waals surface area (Å²) in [5, 5.41) is 0. The molecule has 1 atom stereocenters. The van der Waals surface area contributed by atoms with E-state index >= 15 is 0 Å². The monoisotopic (exact) mass is 236 g/mol. The summed E-state index contributed by atoms with van der Waals surface area (Å²) in [5.74, 6) is 0.872. The van der Waals surface area contributed by atoms with Crippen LogP contribution in [0.2, 0.25) is 0 Å². The first-order valence-electron chi connectivity index (χ1n) is 6.22. The number of benzene rings is 1. The number of nitrogens with zero attached hydrogens (tertiary/aromatic N) is 1. The second-order valence-electron chi connectivity index (χ2n) is 4.56. The van der Waals surface area contributed by atoms with Crippen LogP contribution in [0.15, 0.2) is 24.3 Å². The van der Waals surface area contributed by atoms with Gasteiger partial charge < -0.3 is 10.5 Å². The summed E-state index contributed by atoms with van der Waals surface area (Å²) in [6.45, 7) is 8.48. The predicted molar refractivity (Wildman–Crippen MR) is 72.3 cm³/mol. The predicted octanol–water partition coefficient (Wildman–Crippen LogP) is 2.43. The summed E-state index contributed by atoms with van der Waals surface area (Å²) >= 11 is 0. The largest absolute Gasteiger partial charge is 0.497 e. The van der Waals surface area contributed by atoms with E-state index in [9.17, 15) is 0 Å². The molecular formula is C14H24N2O. The maximum Gasteiger partial charge on any atom is 0.118 e. The minimum atomic E-state index is 0.0586. The van der Waals surface area contributed by atoms with Gasteiger partial charge in [-0.3, -0.25) is 4.90 Å². The number of ether oxygens (including phenoxy) is 1. The molecule has 2 N–H and O–H groups in total. The van der Waals surface area contributed by atoms with E-state index in [1.807, 2.05) is 24.3 Å². The van der Waals surface area contributed by atoms with Gasteiger partial charge in [0.1, 0.15) is 5.75 Å². The molecular weight excluding hydrogens is 212 g/mol. The fourth-order valence-electron chi connectivity index (χ4n) is 1.91. The summed E-state index contributed by atoms with van der Waals surface area (Å²) in [5.41, 5.74) is 7.38. The van der Waals surface area contributed by atoms with Gasteiger partial charge in [0.15, 0.2) is 0 Å². The van der Waals surface area contributed by atoms with E-state index in [-0.39, 0.29) is 6.04 Å². The Morgan fingerprint density at radius 3 is 2.24 bits per heavy atom. The molecule has 0 saturated heterocycles. The first kappa shape index (κ1) is 14.0. The average Bonchev–Trinajstić information content (AvgIpc) is 2.35. The Kier molecular flexibility index (Phi) is 5.45. The van der Waals surface area contributed by atoms with Gasteiger partial charge in [0.2, 0.25) is 0 Å². The van der Waals surface area contributed by atoms with Crippen LogP contribution in [0.4, 0.5) is 0 Å². The zero-order chi connectivity index (χ0) is 12.8. The lowest BCUT2D eigenvalue weighted by atomic mass is 10.1. The molecule has 0 saturated carbocycles. The number of rotatable bonds is 6. The van der Waals surface area contributed by atoms with E-state index in [0.29, 0.717) is 6.04 Å². The second kappa shape index (κ2) is 6.62. The van der Waals surface area contributed by atoms with Crippen LogP contribution in [0.25, 0.3) is 0 Å². The standard InChI is InChI=1S/C14H24N2O/c1-5-16(11(2)3)10-14(15)12-6-8-13(17-4)9-7-12/h6-9,11,14H,5,10,15H2,1-4H3. The van der Waals surface area contributed by atoms with Crippen molar-refractivity contribution in [3.05, 3.63) is 29.8 Å². The minimum Gasteiger partial charge on any atom is -0.497 e. The summed E-state index contributed by atoms with van der Waals surface area (Å²) in [6, 6.07) is 8.59. The quantitative estimate of drug-likeness (QED) is 0.824. The van der Waals surface area contributed by atoms with Crippen LogP contribution in [0.5, 0.6) is 5.75 Å². The van der Waals surface area contributed by atoms with Gasteiger partial charge in [0, 0.05) is 18.6 Å². The third-order valence-electron chi connectivity index (χ3n) is 3.11. The van der Waals surface area contributed by atoms with Gasteiger partial charge in [0.05, 0.1) is 7.11 Å². The lowest BCUT2D eigenvalue weighted by Gasteiger charge is -2.28. The molecule has 0 aliphatic heterocycles. The molecule has 0 aromatic heterocycles. The molecule has 0 amide bonds. The highest BCUT2D eigenvalue weighted by Crippen LogP contribution is 2.17. The van der Waals surface area contributed by atoms with Crippen molar-refractivity contribution in [3.63, 3.8) is 0 Å². The Balaban J connectivity index is 2.65. The van der Waals surface area contributed by atoms with Crippen LogP contribution < -0.4 is 10.5 Å². The highest BCUT2D eigenvalue weighted by atomic mass is 16.5. The van der Waals surface area contributed by atoms with Crippen molar-refractivity contribution in [2.75, 3.05) is 20.2 Å². The first-order chi connectivity index (χ1) is 8.08. The Morgan fingerprint density at radius 1 is 1.24 bits per heavy atom. The Bertz CT molecular complexity index is 321. The summed E-state index contributed by atoms with van der Waals surface area (Å²) < 4.78 is 5.14. The second-order valence-corrected chi connectivity index (χ2v) is 4.56. The first-order valence-corrected chi connectivity index (χ1v) is 6.22. The fourth-order valence-corrected chi connectivity index (χ4v) is 1.91. The molecule has 96 valence electrons. The summed E-state index contributed by atoms with van der Waals surface area (Å²) in [6.07, 6.45) is 0. The van der Waals surface area contributed by atoms with Gasteiger partial charge in [-0.1, -0.05) is 19.1 Å². The Labute approximate surface area is 105 Å². The molecule has 1 unspecified atom stereocenters. The van der Waals surface area contributed by atoms with Crippen LogP contribution >= 0.6 is 0 Å². The molecule has 17 heavy (non-hydrogen) atoms. The van der Waals surface area contributed by atoms with Crippen molar-refractivity contribution in [2.45, 2.75) is 32.9 Å². The van der Waals surface area contributed by atoms with Crippen molar-refractivity contribution in [3.8, 4) is 5.75 Å². The molecule has 0 spiro atoms. The van der Waals surface area contributed by atoms with Crippen molar-refractivity contribution in [1.29, 1.82) is 0 Å². The van der Waals surface area contributed by atoms with E-state index in [1.54, 1.807) is 7.11 Å². The van der Waals surface area contributed by atoms with Crippen molar-refractivity contribution in [2.24, 2.45) is 5.73 Å². The maximum atomic E-state index is 6.22. The number of hydrogen-bond donors (Lipinski definition) is 1. The van der Waals surface area contributed by atoms with Gasteiger partial charge in [0.25, 0.3) is 0 Å². The Hall–Kier alpha value is -1.06. The average molecular weight is 236 g/mol. The van der Waals surface area contributed by atoms with Crippen molar-refractivity contribution < 1.29 is 4.74 Å². The minimum absolute atomic E-state index is 0.0586. The third kappa shape index (κ3) is 4.02. The molecule has 0 bridgehead atoms. The number of hydrogen-bond acceptors (Lipinski definition) is 3. The molecule has 0 aliphatic carbocycles. The molecule has 1 rings (SSSR count). The number of likely N-dealkylation sites (N-methyl/N-ethyl adjacent to an activating group) is 1. The van der Waals surface area contributed by atoms with Crippen LogP contribution in [-0.4, -0.2) is 31.1 Å². The third-order valence-corrected chi connectivity index (χ3v) is 3.11. The van der Waals surface area contributed by atoms with Crippen LogP contribution in [0.1, 0.15) is 32.4 Å². The Morgan fingerprint density at radius 2 is 1.82 bits per heavy atom. The smallest absolute Gasteiger partial charge is 0.118 e. The molecule has 1 aromatic rings. The lowest BCUT2D eigenvalue weighted by molar-refractivity contribution is 0.220. The molecule has 0 radical (unpaired) electrons. The van der Waals surface area contributed by atoms with E-state index in [0.717, 1.165) is 24.4 Å². The van der Waals surface area contributed by atoms with Gasteiger partial charge in [-0.15, -0.1) is 0 Å². The van der Waals surface area contributed by atoms with Gasteiger partial charge in [-0.05, 0) is 38.1 Å². The van der Waals surface area contributed by atoms with E-state index in [4.69, 9.17) is 10.5 Å². The number of nitrogens with two attached hydrogens (primary N) is 1. The summed E-state index contributed by atoms with van der Waals surface area (Å²) in [4.78, 5) is 2.37. The van der Waals surface area contributed by atoms with E-state index < -0.39 is 0 Å². The maximum absolute atomic E-state index is 6.22. The van der Waals surface area contributed by atoms with E-state index in [1.165, 1.54) is 0 Å². The normalized spacial score (nSPS) is 13.1. The number of methoxy groups -OCH3 is 1. The van der Waals surface area contributed by atoms with Crippen molar-refractivity contribution in [1.82, 2.24) is 4.90 Å².